The van der Waals surface area contributed by atoms with Gasteiger partial charge in [0.2, 0.25) is 5.91 Å². The van der Waals surface area contributed by atoms with Crippen LogP contribution in [0.2, 0.25) is 0 Å². The van der Waals surface area contributed by atoms with E-state index < -0.39 is 5.97 Å². The first kappa shape index (κ1) is 16.2. The van der Waals surface area contributed by atoms with Crippen LogP contribution < -0.4 is 5.32 Å². The number of carboxylic acids is 1. The second-order valence-corrected chi connectivity index (χ2v) is 6.29. The number of amides is 1. The summed E-state index contributed by atoms with van der Waals surface area (Å²) in [5.74, 6) is -1.15. The van der Waals surface area contributed by atoms with Crippen molar-refractivity contribution in [2.24, 2.45) is 0 Å². The van der Waals surface area contributed by atoms with E-state index in [1.165, 1.54) is 11.3 Å². The number of aromatic carboxylic acids is 1. The topological polar surface area (TPSA) is 66.4 Å². The third-order valence-corrected chi connectivity index (χ3v) is 4.39. The standard InChI is InChI=1S/C17H19NO3S/c1-3-4-10-13(19)18-16-15(17(20)21)14(11(2)22-16)12-8-6-5-7-9-12/h5-9H,3-4,10H2,1-2H3,(H,18,19)(H,20,21). The van der Waals surface area contributed by atoms with E-state index in [0.29, 0.717) is 17.0 Å². The molecule has 0 fully saturated rings. The summed E-state index contributed by atoms with van der Waals surface area (Å²) in [5, 5.41) is 12.7. The first-order valence-electron chi connectivity index (χ1n) is 7.26. The minimum absolute atomic E-state index is 0.134. The summed E-state index contributed by atoms with van der Waals surface area (Å²) in [6, 6.07) is 9.39. The highest BCUT2D eigenvalue weighted by Gasteiger charge is 2.23. The van der Waals surface area contributed by atoms with Gasteiger partial charge in [-0.25, -0.2) is 4.79 Å². The van der Waals surface area contributed by atoms with Gasteiger partial charge < -0.3 is 10.4 Å². The molecule has 0 unspecified atom stereocenters. The minimum atomic E-state index is -1.02. The molecule has 5 heteroatoms. The van der Waals surface area contributed by atoms with Crippen molar-refractivity contribution < 1.29 is 14.7 Å². The third-order valence-electron chi connectivity index (χ3n) is 3.37. The number of benzene rings is 1. The van der Waals surface area contributed by atoms with Gasteiger partial charge in [-0.1, -0.05) is 43.7 Å². The number of aryl methyl sites for hydroxylation is 1. The largest absolute Gasteiger partial charge is 0.478 e. The smallest absolute Gasteiger partial charge is 0.339 e. The lowest BCUT2D eigenvalue weighted by atomic mass is 10.0. The molecule has 1 aromatic carbocycles. The number of anilines is 1. The highest BCUT2D eigenvalue weighted by molar-refractivity contribution is 7.17. The van der Waals surface area contributed by atoms with E-state index in [0.717, 1.165) is 23.3 Å². The second kappa shape index (κ2) is 7.22. The maximum atomic E-state index is 11.9. The Kier molecular flexibility index (Phi) is 5.33. The fourth-order valence-electron chi connectivity index (χ4n) is 2.32. The maximum absolute atomic E-state index is 11.9. The average Bonchev–Trinajstić information content (AvgIpc) is 2.82. The van der Waals surface area contributed by atoms with Gasteiger partial charge in [0.25, 0.3) is 0 Å². The lowest BCUT2D eigenvalue weighted by molar-refractivity contribution is -0.116. The molecule has 0 aliphatic carbocycles. The molecule has 0 atom stereocenters. The molecule has 1 amide bonds. The van der Waals surface area contributed by atoms with Crippen LogP contribution in [0.4, 0.5) is 5.00 Å². The van der Waals surface area contributed by atoms with Gasteiger partial charge in [0.1, 0.15) is 10.6 Å². The molecule has 1 aromatic heterocycles. The molecule has 0 saturated carbocycles. The maximum Gasteiger partial charge on any atom is 0.339 e. The number of thiophene rings is 1. The predicted molar refractivity (Wildman–Crippen MR) is 89.6 cm³/mol. The molecule has 116 valence electrons. The summed E-state index contributed by atoms with van der Waals surface area (Å²) in [6.45, 7) is 3.89. The predicted octanol–water partition coefficient (Wildman–Crippen LogP) is 4.55. The van der Waals surface area contributed by atoms with Crippen molar-refractivity contribution in [3.05, 3.63) is 40.8 Å². The Morgan fingerprint density at radius 1 is 1.23 bits per heavy atom. The van der Waals surface area contributed by atoms with Gasteiger partial charge in [-0.3, -0.25) is 4.79 Å². The van der Waals surface area contributed by atoms with Crippen molar-refractivity contribution in [3.8, 4) is 11.1 Å². The van der Waals surface area contributed by atoms with Crippen molar-refractivity contribution >= 4 is 28.2 Å². The number of carbonyl (C=O) groups is 2. The molecule has 0 aliphatic rings. The van der Waals surface area contributed by atoms with Crippen LogP contribution in [0.25, 0.3) is 11.1 Å². The zero-order chi connectivity index (χ0) is 16.1. The average molecular weight is 317 g/mol. The molecule has 0 spiro atoms. The quantitative estimate of drug-likeness (QED) is 0.821. The van der Waals surface area contributed by atoms with Crippen LogP contribution >= 0.6 is 11.3 Å². The fourth-order valence-corrected chi connectivity index (χ4v) is 3.40. The van der Waals surface area contributed by atoms with E-state index in [1.54, 1.807) is 0 Å². The number of hydrogen-bond acceptors (Lipinski definition) is 3. The Hall–Kier alpha value is -2.14. The summed E-state index contributed by atoms with van der Waals surface area (Å²) in [7, 11) is 0. The molecule has 1 heterocycles. The minimum Gasteiger partial charge on any atom is -0.478 e. The summed E-state index contributed by atoms with van der Waals surface area (Å²) in [4.78, 5) is 24.5. The molecule has 0 aliphatic heterocycles. The number of carboxylic acid groups (broad SMARTS) is 1. The van der Waals surface area contributed by atoms with Gasteiger partial charge in [0.15, 0.2) is 0 Å². The van der Waals surface area contributed by atoms with E-state index in [-0.39, 0.29) is 11.5 Å². The van der Waals surface area contributed by atoms with Gasteiger partial charge in [-0.15, -0.1) is 11.3 Å². The van der Waals surface area contributed by atoms with Crippen LogP contribution in [-0.4, -0.2) is 17.0 Å². The number of hydrogen-bond donors (Lipinski definition) is 2. The first-order valence-corrected chi connectivity index (χ1v) is 8.08. The summed E-state index contributed by atoms with van der Waals surface area (Å²) in [6.07, 6.45) is 2.13. The SMILES string of the molecule is CCCCC(=O)Nc1sc(C)c(-c2ccccc2)c1C(=O)O. The number of unbranched alkanes of at least 4 members (excludes halogenated alkanes) is 1. The zero-order valence-corrected chi connectivity index (χ0v) is 13.5. The van der Waals surface area contributed by atoms with Gasteiger partial charge in [-0.05, 0) is 18.9 Å². The third kappa shape index (κ3) is 3.54. The Morgan fingerprint density at radius 3 is 2.50 bits per heavy atom. The fraction of sp³-hybridized carbons (Fsp3) is 0.294. The summed E-state index contributed by atoms with van der Waals surface area (Å²) < 4.78 is 0. The van der Waals surface area contributed by atoms with Gasteiger partial charge in [0.05, 0.1) is 0 Å². The first-order chi connectivity index (χ1) is 10.5. The van der Waals surface area contributed by atoms with E-state index in [2.05, 4.69) is 5.32 Å². The Balaban J connectivity index is 2.40. The van der Waals surface area contributed by atoms with Crippen LogP contribution in [0.1, 0.15) is 41.4 Å². The van der Waals surface area contributed by atoms with E-state index >= 15 is 0 Å². The van der Waals surface area contributed by atoms with Crippen molar-refractivity contribution in [1.29, 1.82) is 0 Å². The molecule has 22 heavy (non-hydrogen) atoms. The molecular weight excluding hydrogens is 298 g/mol. The normalized spacial score (nSPS) is 10.5. The monoisotopic (exact) mass is 317 g/mol. The number of nitrogens with one attached hydrogen (secondary N) is 1. The molecule has 2 rings (SSSR count). The van der Waals surface area contributed by atoms with Crippen molar-refractivity contribution in [2.45, 2.75) is 33.1 Å². The van der Waals surface area contributed by atoms with Gasteiger partial charge in [-0.2, -0.15) is 0 Å². The van der Waals surface area contributed by atoms with Crippen LogP contribution in [0.15, 0.2) is 30.3 Å². The molecule has 0 radical (unpaired) electrons. The van der Waals surface area contributed by atoms with Crippen LogP contribution in [-0.2, 0) is 4.79 Å². The Morgan fingerprint density at radius 2 is 1.91 bits per heavy atom. The van der Waals surface area contributed by atoms with E-state index in [1.807, 2.05) is 44.2 Å². The zero-order valence-electron chi connectivity index (χ0n) is 12.7. The molecular formula is C17H19NO3S. The van der Waals surface area contributed by atoms with Crippen molar-refractivity contribution in [2.75, 3.05) is 5.32 Å². The van der Waals surface area contributed by atoms with Crippen LogP contribution in [0, 0.1) is 6.92 Å². The van der Waals surface area contributed by atoms with Crippen LogP contribution in [0.5, 0.6) is 0 Å². The number of carbonyl (C=O) groups excluding carboxylic acids is 1. The lowest BCUT2D eigenvalue weighted by Gasteiger charge is -2.06. The summed E-state index contributed by atoms with van der Waals surface area (Å²) >= 11 is 1.31. The Labute approximate surface area is 133 Å². The summed E-state index contributed by atoms with van der Waals surface area (Å²) in [5.41, 5.74) is 1.71. The van der Waals surface area contributed by atoms with Gasteiger partial charge in [0, 0.05) is 16.9 Å². The van der Waals surface area contributed by atoms with E-state index in [4.69, 9.17) is 0 Å². The highest BCUT2D eigenvalue weighted by Crippen LogP contribution is 2.39. The molecule has 0 saturated heterocycles. The van der Waals surface area contributed by atoms with Crippen molar-refractivity contribution in [3.63, 3.8) is 0 Å². The van der Waals surface area contributed by atoms with E-state index in [9.17, 15) is 14.7 Å². The van der Waals surface area contributed by atoms with Gasteiger partial charge >= 0.3 is 5.97 Å². The van der Waals surface area contributed by atoms with Crippen LogP contribution in [0.3, 0.4) is 0 Å². The molecule has 0 bridgehead atoms. The molecule has 4 nitrogen and oxygen atoms in total. The lowest BCUT2D eigenvalue weighted by Crippen LogP contribution is -2.12. The molecule has 2 N–H and O–H groups in total. The number of rotatable bonds is 6. The van der Waals surface area contributed by atoms with Crippen molar-refractivity contribution in [1.82, 2.24) is 0 Å². The second-order valence-electron chi connectivity index (χ2n) is 5.06. The molecule has 2 aromatic rings. The Bertz CT molecular complexity index is 677. The highest BCUT2D eigenvalue weighted by atomic mass is 32.1.